The number of fused-ring (bicyclic) bond motifs is 1. The average molecular weight is 541 g/mol. The molecule has 1 aliphatic heterocycles. The maximum Gasteiger partial charge on any atom is 0.418 e. The molecule has 0 spiro atoms. The van der Waals surface area contributed by atoms with Crippen LogP contribution in [-0.2, 0) is 17.3 Å². The second kappa shape index (κ2) is 9.21. The summed E-state index contributed by atoms with van der Waals surface area (Å²) in [6.07, 6.45) is -7.64. The molecule has 2 N–H and O–H groups in total. The quantitative estimate of drug-likeness (QED) is 0.355. The molecular formula is C25H25F6N5O2. The first kappa shape index (κ1) is 26.4. The number of rotatable bonds is 5. The number of nitrogen functional groups attached to an aromatic ring is 1. The summed E-state index contributed by atoms with van der Waals surface area (Å²) < 4.78 is 88.3. The van der Waals surface area contributed by atoms with Gasteiger partial charge in [0.25, 0.3) is 5.56 Å². The molecule has 38 heavy (non-hydrogen) atoms. The molecule has 3 aromatic heterocycles. The van der Waals surface area contributed by atoms with Gasteiger partial charge < -0.3 is 10.6 Å². The maximum absolute atomic E-state index is 13.6. The molecule has 1 saturated carbocycles. The molecule has 1 saturated heterocycles. The van der Waals surface area contributed by atoms with Crippen LogP contribution in [0.4, 0.5) is 26.3 Å². The number of nitrogens with two attached hydrogens (primary N) is 1. The van der Waals surface area contributed by atoms with E-state index in [-0.39, 0.29) is 54.0 Å². The molecule has 2 unspecified atom stereocenters. The van der Waals surface area contributed by atoms with E-state index in [2.05, 4.69) is 15.0 Å². The minimum atomic E-state index is -4.68. The fourth-order valence-electron chi connectivity index (χ4n) is 5.04. The van der Waals surface area contributed by atoms with Crippen LogP contribution < -0.4 is 11.4 Å². The molecule has 0 aromatic carbocycles. The van der Waals surface area contributed by atoms with Crippen molar-refractivity contribution in [3.8, 4) is 0 Å². The Bertz CT molecular complexity index is 1430. The molecule has 3 aromatic rings. The maximum atomic E-state index is 13.6. The van der Waals surface area contributed by atoms with E-state index in [0.29, 0.717) is 30.8 Å². The number of hydrogen-bond acceptors (Lipinski definition) is 6. The zero-order valence-corrected chi connectivity index (χ0v) is 20.4. The molecule has 2 aliphatic rings. The van der Waals surface area contributed by atoms with E-state index in [4.69, 9.17) is 10.6 Å². The zero-order chi connectivity index (χ0) is 27.5. The Balaban J connectivity index is 1.53. The van der Waals surface area contributed by atoms with Gasteiger partial charge in [0, 0.05) is 30.2 Å². The van der Waals surface area contributed by atoms with Crippen LogP contribution in [0.3, 0.4) is 0 Å². The van der Waals surface area contributed by atoms with Crippen LogP contribution in [0, 0.1) is 12.3 Å². The van der Waals surface area contributed by atoms with Crippen LogP contribution in [0.25, 0.3) is 11.0 Å². The standard InChI is InChI=1S/C25H25F6N5O2/c1-13-17(24(26,27)28)11-16-18(4-6-23(7-8-23)25(29,30)31)34-21(35-22(16)33-13)14-5-9-38-19(10-14)15-2-3-20(37)36(32)12-15/h2-3,11-12,14,19H,4-10,32H2,1H3. The normalized spacial score (nSPS) is 21.6. The minimum absolute atomic E-state index is 0.00321. The number of aromatic nitrogens is 4. The third-order valence-electron chi connectivity index (χ3n) is 7.56. The summed E-state index contributed by atoms with van der Waals surface area (Å²) in [5, 5.41) is 0.00321. The van der Waals surface area contributed by atoms with Gasteiger partial charge in [-0.3, -0.25) is 4.79 Å². The molecule has 1 aliphatic carbocycles. The molecule has 5 rings (SSSR count). The second-order valence-electron chi connectivity index (χ2n) is 10.1. The van der Waals surface area contributed by atoms with Gasteiger partial charge in [-0.1, -0.05) is 0 Å². The molecule has 0 bridgehead atoms. The number of pyridine rings is 2. The van der Waals surface area contributed by atoms with Gasteiger partial charge in [-0.25, -0.2) is 19.6 Å². The molecule has 13 heteroatoms. The lowest BCUT2D eigenvalue weighted by molar-refractivity contribution is -0.188. The highest BCUT2D eigenvalue weighted by Gasteiger charge is 2.62. The lowest BCUT2D eigenvalue weighted by Gasteiger charge is -2.29. The largest absolute Gasteiger partial charge is 0.418 e. The summed E-state index contributed by atoms with van der Waals surface area (Å²) in [6, 6.07) is 3.80. The van der Waals surface area contributed by atoms with Gasteiger partial charge in [-0.05, 0) is 63.1 Å². The monoisotopic (exact) mass is 541 g/mol. The smallest absolute Gasteiger partial charge is 0.373 e. The average Bonchev–Trinajstić information content (AvgIpc) is 3.64. The molecule has 2 fully saturated rings. The minimum Gasteiger partial charge on any atom is -0.373 e. The summed E-state index contributed by atoms with van der Waals surface area (Å²) in [5.41, 5.74) is -2.67. The fraction of sp³-hybridized carbons (Fsp3) is 0.520. The molecule has 4 heterocycles. The van der Waals surface area contributed by atoms with E-state index in [0.717, 1.165) is 10.7 Å². The van der Waals surface area contributed by atoms with E-state index in [1.807, 2.05) is 0 Å². The Morgan fingerprint density at radius 2 is 1.87 bits per heavy atom. The van der Waals surface area contributed by atoms with E-state index >= 15 is 0 Å². The van der Waals surface area contributed by atoms with Gasteiger partial charge >= 0.3 is 12.4 Å². The van der Waals surface area contributed by atoms with E-state index < -0.39 is 35.0 Å². The summed E-state index contributed by atoms with van der Waals surface area (Å²) in [6.45, 7) is 1.53. The van der Waals surface area contributed by atoms with E-state index in [1.54, 1.807) is 6.07 Å². The van der Waals surface area contributed by atoms with Crippen molar-refractivity contribution < 1.29 is 31.1 Å². The number of halogens is 6. The predicted molar refractivity (Wildman–Crippen MR) is 125 cm³/mol. The topological polar surface area (TPSA) is 95.9 Å². The number of aryl methyl sites for hydroxylation is 2. The lowest BCUT2D eigenvalue weighted by atomic mass is 9.91. The van der Waals surface area contributed by atoms with Crippen LogP contribution in [0.15, 0.2) is 29.2 Å². The van der Waals surface area contributed by atoms with Gasteiger partial charge in [0.1, 0.15) is 5.82 Å². The first-order chi connectivity index (χ1) is 17.8. The van der Waals surface area contributed by atoms with Gasteiger partial charge in [0.2, 0.25) is 0 Å². The van der Waals surface area contributed by atoms with Crippen LogP contribution in [0.2, 0.25) is 0 Å². The summed E-state index contributed by atoms with van der Waals surface area (Å²) in [5.74, 6) is 5.67. The van der Waals surface area contributed by atoms with Crippen molar-refractivity contribution >= 4 is 11.0 Å². The van der Waals surface area contributed by atoms with Crippen molar-refractivity contribution in [1.29, 1.82) is 0 Å². The van der Waals surface area contributed by atoms with Crippen molar-refractivity contribution in [3.63, 3.8) is 0 Å². The first-order valence-electron chi connectivity index (χ1n) is 12.2. The summed E-state index contributed by atoms with van der Waals surface area (Å²) in [7, 11) is 0. The summed E-state index contributed by atoms with van der Waals surface area (Å²) in [4.78, 5) is 24.7. The van der Waals surface area contributed by atoms with Crippen molar-refractivity contribution in [2.24, 2.45) is 5.41 Å². The third kappa shape index (κ3) is 4.95. The van der Waals surface area contributed by atoms with E-state index in [1.165, 1.54) is 19.2 Å². The van der Waals surface area contributed by atoms with Gasteiger partial charge in [0.05, 0.1) is 28.5 Å². The zero-order valence-electron chi connectivity index (χ0n) is 20.4. The molecule has 7 nitrogen and oxygen atoms in total. The Kier molecular flexibility index (Phi) is 6.40. The SMILES string of the molecule is Cc1nc2nc(C3CCOC(c4ccc(=O)n(N)c4)C3)nc(CCC3(C(F)(F)F)CC3)c2cc1C(F)(F)F. The Hall–Kier alpha value is -3.22. The van der Waals surface area contributed by atoms with Crippen molar-refractivity contribution in [2.45, 2.75) is 69.8 Å². The molecule has 204 valence electrons. The molecular weight excluding hydrogens is 516 g/mol. The number of nitrogens with zero attached hydrogens (tertiary/aromatic N) is 4. The second-order valence-corrected chi connectivity index (χ2v) is 10.1. The van der Waals surface area contributed by atoms with Crippen LogP contribution >= 0.6 is 0 Å². The Morgan fingerprint density at radius 1 is 1.13 bits per heavy atom. The van der Waals surface area contributed by atoms with Gasteiger partial charge in [0.15, 0.2) is 5.65 Å². The Morgan fingerprint density at radius 3 is 2.50 bits per heavy atom. The third-order valence-corrected chi connectivity index (χ3v) is 7.56. The summed E-state index contributed by atoms with van der Waals surface area (Å²) >= 11 is 0. The molecule has 0 radical (unpaired) electrons. The highest BCUT2D eigenvalue weighted by atomic mass is 19.4. The van der Waals surface area contributed by atoms with Crippen molar-refractivity contribution in [2.75, 3.05) is 12.4 Å². The number of alkyl halides is 6. The number of ether oxygens (including phenoxy) is 1. The highest BCUT2D eigenvalue weighted by molar-refractivity contribution is 5.78. The first-order valence-corrected chi connectivity index (χ1v) is 12.2. The van der Waals surface area contributed by atoms with Gasteiger partial charge in [-0.2, -0.15) is 26.3 Å². The van der Waals surface area contributed by atoms with E-state index in [9.17, 15) is 31.1 Å². The lowest BCUT2D eigenvalue weighted by Crippen LogP contribution is -2.28. The predicted octanol–water partition coefficient (Wildman–Crippen LogP) is 5.14. The molecule has 2 atom stereocenters. The van der Waals surface area contributed by atoms with Crippen LogP contribution in [0.1, 0.15) is 72.5 Å². The van der Waals surface area contributed by atoms with Crippen molar-refractivity contribution in [1.82, 2.24) is 19.6 Å². The number of hydrogen-bond donors (Lipinski definition) is 1. The molecule has 0 amide bonds. The van der Waals surface area contributed by atoms with Crippen LogP contribution in [0.5, 0.6) is 0 Å². The fourth-order valence-corrected chi connectivity index (χ4v) is 5.04. The highest BCUT2D eigenvalue weighted by Crippen LogP contribution is 2.60. The van der Waals surface area contributed by atoms with Crippen LogP contribution in [-0.4, -0.2) is 32.4 Å². The van der Waals surface area contributed by atoms with Crippen molar-refractivity contribution in [3.05, 3.63) is 63.1 Å². The Labute approximate surface area is 213 Å². The van der Waals surface area contributed by atoms with Gasteiger partial charge in [-0.15, -0.1) is 0 Å².